The molecule has 0 spiro atoms. The number of esters is 1. The van der Waals surface area contributed by atoms with E-state index < -0.39 is 12.1 Å². The van der Waals surface area contributed by atoms with Crippen molar-refractivity contribution >= 4 is 11.9 Å². The summed E-state index contributed by atoms with van der Waals surface area (Å²) in [5.74, 6) is -0.0424. The van der Waals surface area contributed by atoms with Gasteiger partial charge in [0.15, 0.2) is 0 Å². The summed E-state index contributed by atoms with van der Waals surface area (Å²) in [6, 6.07) is -0.546. The number of aliphatic hydroxyl groups excluding tert-OH is 2. The molecule has 6 nitrogen and oxygen atoms in total. The number of hydrogen-bond donors (Lipinski definition) is 3. The van der Waals surface area contributed by atoms with E-state index in [1.807, 2.05) is 0 Å². The first kappa shape index (κ1) is 68.3. The SMILES string of the molecule is CCCC/C=C\C/C=C\CCCCCCCC(=O)OCCCCCCCCCCCCCCCCCCCCC(=O)NC(CO)C(O)CCCCCCCCCCCCCCCCCCCCCCC. The first-order valence-corrected chi connectivity index (χ1v) is 31.6. The van der Waals surface area contributed by atoms with Crippen molar-refractivity contribution in [2.45, 2.75) is 360 Å². The summed E-state index contributed by atoms with van der Waals surface area (Å²) >= 11 is 0. The maximum Gasteiger partial charge on any atom is 0.305 e. The topological polar surface area (TPSA) is 95.9 Å². The molecule has 0 aliphatic heterocycles. The van der Waals surface area contributed by atoms with Crippen LogP contribution in [0.1, 0.15) is 348 Å². The van der Waals surface area contributed by atoms with Crippen LogP contribution in [0, 0.1) is 0 Å². The van der Waals surface area contributed by atoms with Gasteiger partial charge in [0.05, 0.1) is 25.4 Å². The fraction of sp³-hybridized carbons (Fsp3) is 0.906. The summed E-state index contributed by atoms with van der Waals surface area (Å²) in [5.41, 5.74) is 0. The van der Waals surface area contributed by atoms with Crippen molar-refractivity contribution in [1.82, 2.24) is 5.32 Å². The molecule has 0 aliphatic carbocycles. The zero-order chi connectivity index (χ0) is 50.7. The van der Waals surface area contributed by atoms with E-state index in [2.05, 4.69) is 43.5 Å². The van der Waals surface area contributed by atoms with Crippen LogP contribution in [0.15, 0.2) is 24.3 Å². The molecular formula is C64H123NO5. The van der Waals surface area contributed by atoms with Crippen molar-refractivity contribution in [3.8, 4) is 0 Å². The Morgan fingerprint density at radius 1 is 0.400 bits per heavy atom. The quantitative estimate of drug-likeness (QED) is 0.0321. The summed E-state index contributed by atoms with van der Waals surface area (Å²) < 4.78 is 5.47. The second-order valence-corrected chi connectivity index (χ2v) is 21.7. The smallest absolute Gasteiger partial charge is 0.305 e. The molecule has 0 saturated carbocycles. The minimum atomic E-state index is -0.668. The van der Waals surface area contributed by atoms with Gasteiger partial charge in [0, 0.05) is 12.8 Å². The van der Waals surface area contributed by atoms with Crippen molar-refractivity contribution in [3.05, 3.63) is 24.3 Å². The molecule has 0 bridgehead atoms. The number of unbranched alkanes of at least 4 members (excludes halogenated alkanes) is 44. The monoisotopic (exact) mass is 986 g/mol. The maximum atomic E-state index is 12.5. The van der Waals surface area contributed by atoms with Crippen molar-refractivity contribution in [2.75, 3.05) is 13.2 Å². The van der Waals surface area contributed by atoms with Gasteiger partial charge in [0.1, 0.15) is 0 Å². The van der Waals surface area contributed by atoms with E-state index in [4.69, 9.17) is 4.74 Å². The zero-order valence-electron chi connectivity index (χ0n) is 47.3. The summed E-state index contributed by atoms with van der Waals surface area (Å²) in [4.78, 5) is 24.6. The maximum absolute atomic E-state index is 12.5. The zero-order valence-corrected chi connectivity index (χ0v) is 47.3. The van der Waals surface area contributed by atoms with E-state index in [9.17, 15) is 19.8 Å². The Bertz CT molecular complexity index is 1090. The van der Waals surface area contributed by atoms with Crippen LogP contribution < -0.4 is 5.32 Å². The molecule has 1 amide bonds. The Labute approximate surface area is 437 Å². The number of allylic oxidation sites excluding steroid dienone is 4. The van der Waals surface area contributed by atoms with E-state index in [0.29, 0.717) is 25.9 Å². The summed E-state index contributed by atoms with van der Waals surface area (Å²) in [5, 5.41) is 23.4. The standard InChI is InChI=1S/C64H123NO5/c1-3-5-7-9-11-13-15-17-19-20-21-22-23-26-29-32-36-40-44-48-52-56-62(67)61(60-66)65-63(68)57-53-49-45-41-37-33-30-27-24-25-28-31-35-39-43-47-51-55-59-70-64(69)58-54-50-46-42-38-34-18-16-14-12-10-8-6-4-2/h10,12,16,18,61-62,66-67H,3-9,11,13-15,17,19-60H2,1-2H3,(H,65,68)/b12-10-,18-16-. The van der Waals surface area contributed by atoms with Crippen LogP contribution in [0.5, 0.6) is 0 Å². The highest BCUT2D eigenvalue weighted by molar-refractivity contribution is 5.76. The lowest BCUT2D eigenvalue weighted by Crippen LogP contribution is -2.45. The average molecular weight is 987 g/mol. The van der Waals surface area contributed by atoms with Crippen LogP contribution in [0.4, 0.5) is 0 Å². The Kier molecular flexibility index (Phi) is 58.5. The molecule has 0 fully saturated rings. The van der Waals surface area contributed by atoms with Crippen LogP contribution in [0.2, 0.25) is 0 Å². The van der Waals surface area contributed by atoms with E-state index in [1.54, 1.807) is 0 Å². The molecule has 2 unspecified atom stereocenters. The third-order valence-corrected chi connectivity index (χ3v) is 14.8. The van der Waals surface area contributed by atoms with Crippen LogP contribution in [-0.2, 0) is 14.3 Å². The highest BCUT2D eigenvalue weighted by atomic mass is 16.5. The number of carbonyl (C=O) groups is 2. The summed E-state index contributed by atoms with van der Waals surface area (Å²) in [7, 11) is 0. The minimum Gasteiger partial charge on any atom is -0.466 e. The fourth-order valence-electron chi connectivity index (χ4n) is 9.89. The number of carbonyl (C=O) groups excluding carboxylic acids is 2. The Hall–Kier alpha value is -1.66. The summed E-state index contributed by atoms with van der Waals surface area (Å²) in [6.07, 6.45) is 73.2. The van der Waals surface area contributed by atoms with Gasteiger partial charge in [-0.15, -0.1) is 0 Å². The van der Waals surface area contributed by atoms with E-state index in [1.165, 1.54) is 263 Å². The van der Waals surface area contributed by atoms with Gasteiger partial charge in [0.25, 0.3) is 0 Å². The van der Waals surface area contributed by atoms with Gasteiger partial charge < -0.3 is 20.3 Å². The molecular weight excluding hydrogens is 863 g/mol. The first-order chi connectivity index (χ1) is 34.5. The van der Waals surface area contributed by atoms with Gasteiger partial charge >= 0.3 is 5.97 Å². The molecule has 0 aromatic rings. The molecule has 0 saturated heterocycles. The van der Waals surface area contributed by atoms with Crippen LogP contribution in [0.3, 0.4) is 0 Å². The molecule has 70 heavy (non-hydrogen) atoms. The fourth-order valence-corrected chi connectivity index (χ4v) is 9.89. The Balaban J connectivity index is 3.41. The molecule has 0 heterocycles. The third-order valence-electron chi connectivity index (χ3n) is 14.8. The van der Waals surface area contributed by atoms with Crippen LogP contribution in [0.25, 0.3) is 0 Å². The largest absolute Gasteiger partial charge is 0.466 e. The second kappa shape index (κ2) is 59.9. The average Bonchev–Trinajstić information content (AvgIpc) is 3.36. The second-order valence-electron chi connectivity index (χ2n) is 21.7. The number of ether oxygens (including phenoxy) is 1. The highest BCUT2D eigenvalue weighted by Crippen LogP contribution is 2.18. The number of amides is 1. The van der Waals surface area contributed by atoms with Gasteiger partial charge in [-0.3, -0.25) is 9.59 Å². The molecule has 3 N–H and O–H groups in total. The predicted octanol–water partition coefficient (Wildman–Crippen LogP) is 19.8. The number of aliphatic hydroxyl groups is 2. The highest BCUT2D eigenvalue weighted by Gasteiger charge is 2.20. The Morgan fingerprint density at radius 3 is 1.13 bits per heavy atom. The Morgan fingerprint density at radius 2 is 0.729 bits per heavy atom. The van der Waals surface area contributed by atoms with Gasteiger partial charge in [-0.25, -0.2) is 0 Å². The normalized spacial score (nSPS) is 12.7. The lowest BCUT2D eigenvalue weighted by Gasteiger charge is -2.22. The molecule has 414 valence electrons. The van der Waals surface area contributed by atoms with E-state index in [0.717, 1.165) is 51.4 Å². The summed E-state index contributed by atoms with van der Waals surface area (Å²) in [6.45, 7) is 4.92. The van der Waals surface area contributed by atoms with Crippen LogP contribution >= 0.6 is 0 Å². The van der Waals surface area contributed by atoms with Crippen molar-refractivity contribution in [2.24, 2.45) is 0 Å². The number of rotatable bonds is 59. The van der Waals surface area contributed by atoms with E-state index in [-0.39, 0.29) is 18.5 Å². The molecule has 2 atom stereocenters. The van der Waals surface area contributed by atoms with Gasteiger partial charge in [-0.1, -0.05) is 308 Å². The lowest BCUT2D eigenvalue weighted by atomic mass is 10.0. The minimum absolute atomic E-state index is 0.00656. The van der Waals surface area contributed by atoms with Crippen molar-refractivity contribution < 1.29 is 24.5 Å². The lowest BCUT2D eigenvalue weighted by molar-refractivity contribution is -0.143. The molecule has 0 radical (unpaired) electrons. The van der Waals surface area contributed by atoms with Crippen molar-refractivity contribution in [1.29, 1.82) is 0 Å². The molecule has 0 aromatic carbocycles. The molecule has 0 aliphatic rings. The number of hydrogen-bond acceptors (Lipinski definition) is 5. The molecule has 0 rings (SSSR count). The van der Waals surface area contributed by atoms with Crippen LogP contribution in [-0.4, -0.2) is 47.4 Å². The third kappa shape index (κ3) is 55.7. The first-order valence-electron chi connectivity index (χ1n) is 31.6. The van der Waals surface area contributed by atoms with Gasteiger partial charge in [-0.05, 0) is 51.4 Å². The van der Waals surface area contributed by atoms with Gasteiger partial charge in [-0.2, -0.15) is 0 Å². The molecule has 6 heteroatoms. The van der Waals surface area contributed by atoms with Gasteiger partial charge in [0.2, 0.25) is 5.91 Å². The molecule has 0 aromatic heterocycles. The predicted molar refractivity (Wildman–Crippen MR) is 306 cm³/mol. The number of nitrogens with one attached hydrogen (secondary N) is 1. The van der Waals surface area contributed by atoms with E-state index >= 15 is 0 Å². The van der Waals surface area contributed by atoms with Crippen molar-refractivity contribution in [3.63, 3.8) is 0 Å².